The van der Waals surface area contributed by atoms with Gasteiger partial charge in [0.25, 0.3) is 0 Å². The van der Waals surface area contributed by atoms with E-state index in [1.165, 1.54) is 0 Å². The Morgan fingerprint density at radius 3 is 1.31 bits per heavy atom. The van der Waals surface area contributed by atoms with Crippen LogP contribution in [-0.4, -0.2) is 79.7 Å². The summed E-state index contributed by atoms with van der Waals surface area (Å²) in [6, 6.07) is 0. The van der Waals surface area contributed by atoms with Crippen molar-refractivity contribution in [2.24, 2.45) is 0 Å². The van der Waals surface area contributed by atoms with Gasteiger partial charge in [0.05, 0.1) is 19.8 Å². The highest BCUT2D eigenvalue weighted by molar-refractivity contribution is 7.18. The van der Waals surface area contributed by atoms with Crippen LogP contribution in [0.2, 0.25) is 0 Å². The molecule has 0 spiro atoms. The van der Waals surface area contributed by atoms with Gasteiger partial charge in [-0.05, 0) is 12.5 Å². The van der Waals surface area contributed by atoms with E-state index in [1.807, 2.05) is 0 Å². The van der Waals surface area contributed by atoms with Crippen molar-refractivity contribution in [3.8, 4) is 0 Å². The lowest BCUT2D eigenvalue weighted by Gasteiger charge is -2.42. The zero-order valence-corrected chi connectivity index (χ0v) is 20.7. The van der Waals surface area contributed by atoms with Crippen LogP contribution in [0.1, 0.15) is 25.6 Å². The Bertz CT molecular complexity index is 1240. The number of thiophene rings is 1. The third-order valence-electron chi connectivity index (χ3n) is 5.14. The molecule has 1 amide bonds. The maximum atomic E-state index is 14.2. The fourth-order valence-corrected chi connectivity index (χ4v) is 3.83. The number of esters is 2. The standard InChI is InChI=1S/C18H10F17NO5S/c1-4-5(8(37)40-2)7(42-6(4)9(38)41-3)36-10(39)11(19,20)12(21,22)13(23,24)14(25,26)15(27,28)16(29,30)17(31,32)18(33,34)35/h1-3H3,(H,36,39). The van der Waals surface area contributed by atoms with Crippen LogP contribution in [-0.2, 0) is 14.3 Å². The third kappa shape index (κ3) is 4.97. The van der Waals surface area contributed by atoms with Crippen LogP contribution in [0, 0.1) is 6.92 Å². The molecule has 0 bridgehead atoms. The lowest BCUT2D eigenvalue weighted by molar-refractivity contribution is -0.459. The van der Waals surface area contributed by atoms with Gasteiger partial charge in [0.15, 0.2) is 0 Å². The first kappa shape index (κ1) is 36.9. The second kappa shape index (κ2) is 10.6. The lowest BCUT2D eigenvalue weighted by atomic mass is 9.89. The number of carbonyl (C=O) groups excluding carboxylic acids is 3. The van der Waals surface area contributed by atoms with Gasteiger partial charge in [-0.25, -0.2) is 9.59 Å². The third-order valence-corrected chi connectivity index (χ3v) is 6.33. The van der Waals surface area contributed by atoms with Crippen molar-refractivity contribution in [2.45, 2.75) is 54.6 Å². The summed E-state index contributed by atoms with van der Waals surface area (Å²) in [6.07, 6.45) is -7.91. The minimum Gasteiger partial charge on any atom is -0.465 e. The van der Waals surface area contributed by atoms with E-state index < -0.39 is 86.5 Å². The van der Waals surface area contributed by atoms with E-state index in [9.17, 15) is 89.0 Å². The van der Waals surface area contributed by atoms with Crippen LogP contribution >= 0.6 is 11.3 Å². The van der Waals surface area contributed by atoms with Crippen LogP contribution in [0.5, 0.6) is 0 Å². The monoisotopic (exact) mass is 675 g/mol. The van der Waals surface area contributed by atoms with Gasteiger partial charge in [-0.3, -0.25) is 4.79 Å². The van der Waals surface area contributed by atoms with Crippen LogP contribution < -0.4 is 5.32 Å². The Morgan fingerprint density at radius 1 is 0.595 bits per heavy atom. The topological polar surface area (TPSA) is 81.7 Å². The maximum absolute atomic E-state index is 14.2. The number of ether oxygens (including phenoxy) is 2. The summed E-state index contributed by atoms with van der Waals surface area (Å²) in [6.45, 7) is 0.811. The van der Waals surface area contributed by atoms with Crippen molar-refractivity contribution in [1.82, 2.24) is 0 Å². The van der Waals surface area contributed by atoms with E-state index in [2.05, 4.69) is 9.47 Å². The van der Waals surface area contributed by atoms with E-state index in [1.54, 1.807) is 0 Å². The minimum atomic E-state index is -8.87. The minimum absolute atomic E-state index is 0.287. The number of anilines is 1. The highest BCUT2D eigenvalue weighted by Crippen LogP contribution is 2.64. The number of methoxy groups -OCH3 is 2. The van der Waals surface area contributed by atoms with Crippen LogP contribution in [0.15, 0.2) is 0 Å². The number of carbonyl (C=O) groups is 3. The fraction of sp³-hybridized carbons (Fsp3) is 0.611. The maximum Gasteiger partial charge on any atom is 0.460 e. The van der Waals surface area contributed by atoms with E-state index >= 15 is 0 Å². The van der Waals surface area contributed by atoms with Crippen LogP contribution in [0.3, 0.4) is 0 Å². The first-order chi connectivity index (χ1) is 18.4. The van der Waals surface area contributed by atoms with Gasteiger partial charge >= 0.3 is 65.5 Å². The molecule has 24 heteroatoms. The summed E-state index contributed by atoms with van der Waals surface area (Å²) in [5.41, 5.74) is -1.76. The Labute approximate surface area is 223 Å². The molecule has 1 aromatic heterocycles. The van der Waals surface area contributed by atoms with Gasteiger partial charge < -0.3 is 14.8 Å². The first-order valence-electron chi connectivity index (χ1n) is 9.71. The SMILES string of the molecule is COC(=O)c1sc(NC(=O)C(F)(F)C(F)(F)C(F)(F)C(F)(F)C(F)(F)C(F)(F)C(F)(F)C(F)(F)F)c(C(=O)OC)c1C. The fourth-order valence-electron chi connectivity index (χ4n) is 2.72. The predicted octanol–water partition coefficient (Wildman–Crippen LogP) is 6.58. The van der Waals surface area contributed by atoms with E-state index in [0.29, 0.717) is 19.5 Å². The summed E-state index contributed by atoms with van der Waals surface area (Å²) in [5.74, 6) is -66.2. The summed E-state index contributed by atoms with van der Waals surface area (Å²) in [7, 11) is 1.27. The molecule has 0 aromatic carbocycles. The second-order valence-electron chi connectivity index (χ2n) is 7.72. The van der Waals surface area contributed by atoms with Crippen LogP contribution in [0.25, 0.3) is 0 Å². The molecule has 0 radical (unpaired) electrons. The molecule has 42 heavy (non-hydrogen) atoms. The molecule has 0 aliphatic carbocycles. The van der Waals surface area contributed by atoms with Gasteiger partial charge in [-0.2, -0.15) is 74.6 Å². The van der Waals surface area contributed by atoms with Gasteiger partial charge in [-0.15, -0.1) is 11.3 Å². The quantitative estimate of drug-likeness (QED) is 0.224. The molecule has 0 saturated carbocycles. The molecule has 0 atom stereocenters. The zero-order valence-electron chi connectivity index (χ0n) is 19.9. The van der Waals surface area contributed by atoms with Crippen molar-refractivity contribution in [3.63, 3.8) is 0 Å². The molecule has 1 aromatic rings. The molecule has 0 unspecified atom stereocenters. The number of alkyl halides is 17. The second-order valence-corrected chi connectivity index (χ2v) is 8.74. The highest BCUT2D eigenvalue weighted by atomic mass is 32.1. The van der Waals surface area contributed by atoms with E-state index in [-0.39, 0.29) is 11.3 Å². The predicted molar refractivity (Wildman–Crippen MR) is 101 cm³/mol. The molecule has 6 nitrogen and oxygen atoms in total. The molecule has 1 N–H and O–H groups in total. The first-order valence-corrected chi connectivity index (χ1v) is 10.5. The summed E-state index contributed by atoms with van der Waals surface area (Å²) < 4.78 is 236. The van der Waals surface area contributed by atoms with Gasteiger partial charge in [0.1, 0.15) is 9.88 Å². The van der Waals surface area contributed by atoms with E-state index in [4.69, 9.17) is 0 Å². The lowest BCUT2D eigenvalue weighted by Crippen LogP contribution is -2.75. The van der Waals surface area contributed by atoms with Crippen molar-refractivity contribution in [1.29, 1.82) is 0 Å². The van der Waals surface area contributed by atoms with Gasteiger partial charge in [0.2, 0.25) is 0 Å². The summed E-state index contributed by atoms with van der Waals surface area (Å²) in [5, 5.41) is -0.840. The zero-order chi connectivity index (χ0) is 33.9. The number of hydrogen-bond acceptors (Lipinski definition) is 6. The molecular weight excluding hydrogens is 665 g/mol. The van der Waals surface area contributed by atoms with Crippen molar-refractivity contribution < 1.29 is 98.5 Å². The number of halogens is 17. The molecule has 1 heterocycles. The average molecular weight is 675 g/mol. The largest absolute Gasteiger partial charge is 0.465 e. The van der Waals surface area contributed by atoms with E-state index in [0.717, 1.165) is 6.92 Å². The Balaban J connectivity index is 3.73. The van der Waals surface area contributed by atoms with Crippen molar-refractivity contribution in [2.75, 3.05) is 19.5 Å². The molecule has 242 valence electrons. The number of hydrogen-bond donors (Lipinski definition) is 1. The highest BCUT2D eigenvalue weighted by Gasteiger charge is 2.95. The molecule has 0 aliphatic rings. The smallest absolute Gasteiger partial charge is 0.460 e. The number of rotatable bonds is 10. The summed E-state index contributed by atoms with van der Waals surface area (Å²) >= 11 is -0.287. The molecule has 0 fully saturated rings. The molecule has 1 rings (SSSR count). The van der Waals surface area contributed by atoms with Gasteiger partial charge in [0, 0.05) is 0 Å². The normalized spacial score (nSPS) is 14.5. The number of nitrogens with one attached hydrogen (secondary N) is 1. The molecule has 0 saturated heterocycles. The Morgan fingerprint density at radius 2 is 0.952 bits per heavy atom. The van der Waals surface area contributed by atoms with Crippen molar-refractivity contribution in [3.05, 3.63) is 16.0 Å². The van der Waals surface area contributed by atoms with Gasteiger partial charge in [-0.1, -0.05) is 0 Å². The molecular formula is C18H10F17NO5S. The summed E-state index contributed by atoms with van der Waals surface area (Å²) in [4.78, 5) is 34.6. The Kier molecular flexibility index (Phi) is 9.30. The Hall–Kier alpha value is -3.08. The number of amides is 1. The van der Waals surface area contributed by atoms with Crippen LogP contribution in [0.4, 0.5) is 79.6 Å². The van der Waals surface area contributed by atoms with Crippen molar-refractivity contribution >= 4 is 34.2 Å². The average Bonchev–Trinajstić information content (AvgIpc) is 3.16. The molecule has 0 aliphatic heterocycles.